The van der Waals surface area contributed by atoms with Crippen LogP contribution < -0.4 is 16.6 Å². The quantitative estimate of drug-likeness (QED) is 0.634. The molecule has 132 valence electrons. The highest BCUT2D eigenvalue weighted by atomic mass is 16.3. The second kappa shape index (κ2) is 7.04. The van der Waals surface area contributed by atoms with Crippen LogP contribution in [0.1, 0.15) is 5.56 Å². The van der Waals surface area contributed by atoms with E-state index in [1.807, 2.05) is 30.3 Å². The summed E-state index contributed by atoms with van der Waals surface area (Å²) >= 11 is 0. The first-order valence-corrected chi connectivity index (χ1v) is 8.02. The van der Waals surface area contributed by atoms with Crippen LogP contribution in [0.4, 0.5) is 0 Å². The largest absolute Gasteiger partial charge is 0.390 e. The molecule has 0 amide bonds. The lowest BCUT2D eigenvalue weighted by Gasteiger charge is -2.13. The third-order valence-electron chi connectivity index (χ3n) is 4.18. The van der Waals surface area contributed by atoms with Gasteiger partial charge in [-0.25, -0.2) is 9.78 Å². The number of rotatable bonds is 6. The average Bonchev–Trinajstić information content (AvgIpc) is 3.02. The van der Waals surface area contributed by atoms with Gasteiger partial charge in [0.2, 0.25) is 0 Å². The molecule has 0 radical (unpaired) electrons. The average molecular weight is 343 g/mol. The molecule has 0 aliphatic heterocycles. The second-order valence-corrected chi connectivity index (χ2v) is 6.05. The first-order valence-electron chi connectivity index (χ1n) is 8.02. The van der Waals surface area contributed by atoms with Crippen LogP contribution in [0.15, 0.2) is 46.2 Å². The molecular weight excluding hydrogens is 322 g/mol. The first-order chi connectivity index (χ1) is 12.0. The topological polar surface area (TPSA) is 94.1 Å². The molecule has 8 heteroatoms. The Hall–Kier alpha value is -2.71. The van der Waals surface area contributed by atoms with Crippen LogP contribution in [0, 0.1) is 0 Å². The minimum absolute atomic E-state index is 0.214. The summed E-state index contributed by atoms with van der Waals surface area (Å²) in [6, 6.07) is 9.90. The van der Waals surface area contributed by atoms with E-state index < -0.39 is 17.4 Å². The van der Waals surface area contributed by atoms with E-state index in [9.17, 15) is 14.7 Å². The zero-order chi connectivity index (χ0) is 18.0. The number of aliphatic hydroxyl groups is 1. The highest BCUT2D eigenvalue weighted by molar-refractivity contribution is 5.69. The van der Waals surface area contributed by atoms with Gasteiger partial charge in [-0.2, -0.15) is 0 Å². The predicted octanol–water partition coefficient (Wildman–Crippen LogP) is -0.416. The summed E-state index contributed by atoms with van der Waals surface area (Å²) in [7, 11) is 3.00. The van der Waals surface area contributed by atoms with Crippen molar-refractivity contribution in [3.05, 3.63) is 63.1 Å². The maximum Gasteiger partial charge on any atom is 0.332 e. The summed E-state index contributed by atoms with van der Waals surface area (Å²) in [4.78, 5) is 28.4. The lowest BCUT2D eigenvalue weighted by molar-refractivity contribution is 0.152. The number of aryl methyl sites for hydroxylation is 1. The summed E-state index contributed by atoms with van der Waals surface area (Å²) in [5.41, 5.74) is 0.920. The zero-order valence-corrected chi connectivity index (χ0v) is 14.2. The molecule has 0 spiro atoms. The van der Waals surface area contributed by atoms with Gasteiger partial charge in [0, 0.05) is 27.2 Å². The van der Waals surface area contributed by atoms with Crippen LogP contribution in [0.3, 0.4) is 0 Å². The molecule has 0 unspecified atom stereocenters. The highest BCUT2D eigenvalue weighted by Gasteiger charge is 2.16. The number of nitrogens with zero attached hydrogens (tertiary/aromatic N) is 4. The molecule has 0 saturated carbocycles. The van der Waals surface area contributed by atoms with Gasteiger partial charge in [-0.15, -0.1) is 0 Å². The molecule has 8 nitrogen and oxygen atoms in total. The minimum atomic E-state index is -0.692. The van der Waals surface area contributed by atoms with E-state index >= 15 is 0 Å². The Morgan fingerprint density at radius 1 is 1.16 bits per heavy atom. The summed E-state index contributed by atoms with van der Waals surface area (Å²) in [5.74, 6) is 0. The smallest absolute Gasteiger partial charge is 0.332 e. The van der Waals surface area contributed by atoms with E-state index in [1.54, 1.807) is 11.6 Å². The van der Waals surface area contributed by atoms with Crippen LogP contribution in [-0.4, -0.2) is 36.4 Å². The van der Waals surface area contributed by atoms with Crippen LogP contribution >= 0.6 is 0 Å². The van der Waals surface area contributed by atoms with Crippen LogP contribution in [0.25, 0.3) is 11.2 Å². The Kier molecular flexibility index (Phi) is 4.82. The Labute approximate surface area is 144 Å². The monoisotopic (exact) mass is 343 g/mol. The van der Waals surface area contributed by atoms with Crippen molar-refractivity contribution < 1.29 is 5.11 Å². The predicted molar refractivity (Wildman–Crippen MR) is 94.4 cm³/mol. The molecule has 2 aromatic heterocycles. The second-order valence-electron chi connectivity index (χ2n) is 6.05. The molecule has 25 heavy (non-hydrogen) atoms. The van der Waals surface area contributed by atoms with E-state index in [0.717, 1.165) is 10.1 Å². The fourth-order valence-corrected chi connectivity index (χ4v) is 2.81. The molecule has 1 atom stereocenters. The molecule has 0 aliphatic rings. The number of aromatic nitrogens is 4. The molecule has 0 bridgehead atoms. The number of benzene rings is 1. The van der Waals surface area contributed by atoms with Crippen molar-refractivity contribution in [1.29, 1.82) is 0 Å². The van der Waals surface area contributed by atoms with Gasteiger partial charge in [0.1, 0.15) is 0 Å². The Morgan fingerprint density at radius 2 is 1.88 bits per heavy atom. The molecular formula is C17H21N5O3. The summed E-state index contributed by atoms with van der Waals surface area (Å²) in [6.45, 7) is 1.24. The molecule has 0 fully saturated rings. The summed E-state index contributed by atoms with van der Waals surface area (Å²) in [5, 5.41) is 13.4. The Morgan fingerprint density at radius 3 is 2.60 bits per heavy atom. The SMILES string of the molecule is Cn1c(=O)c2c(ncn2C[C@@H](O)CNCc2ccccc2)n(C)c1=O. The molecule has 1 aromatic carbocycles. The lowest BCUT2D eigenvalue weighted by Crippen LogP contribution is -2.38. The van der Waals surface area contributed by atoms with E-state index in [-0.39, 0.29) is 6.54 Å². The molecule has 0 aliphatic carbocycles. The van der Waals surface area contributed by atoms with Gasteiger partial charge in [-0.05, 0) is 5.56 Å². The number of hydrogen-bond donors (Lipinski definition) is 2. The highest BCUT2D eigenvalue weighted by Crippen LogP contribution is 2.06. The lowest BCUT2D eigenvalue weighted by atomic mass is 10.2. The fraction of sp³-hybridized carbons (Fsp3) is 0.353. The minimum Gasteiger partial charge on any atom is -0.390 e. The summed E-state index contributed by atoms with van der Waals surface area (Å²) < 4.78 is 3.96. The van der Waals surface area contributed by atoms with Gasteiger partial charge >= 0.3 is 5.69 Å². The van der Waals surface area contributed by atoms with Gasteiger partial charge in [0.25, 0.3) is 5.56 Å². The molecule has 2 N–H and O–H groups in total. The van der Waals surface area contributed by atoms with Crippen molar-refractivity contribution in [3.8, 4) is 0 Å². The number of fused-ring (bicyclic) bond motifs is 1. The van der Waals surface area contributed by atoms with E-state index in [2.05, 4.69) is 10.3 Å². The van der Waals surface area contributed by atoms with Crippen molar-refractivity contribution in [1.82, 2.24) is 24.0 Å². The number of hydrogen-bond acceptors (Lipinski definition) is 5. The third kappa shape index (κ3) is 3.40. The Balaban J connectivity index is 1.72. The van der Waals surface area contributed by atoms with Gasteiger partial charge in [0.15, 0.2) is 11.2 Å². The Bertz CT molecular complexity index is 987. The van der Waals surface area contributed by atoms with Crippen LogP contribution in [0.5, 0.6) is 0 Å². The third-order valence-corrected chi connectivity index (χ3v) is 4.18. The van der Waals surface area contributed by atoms with Crippen LogP contribution in [0.2, 0.25) is 0 Å². The van der Waals surface area contributed by atoms with Crippen molar-refractivity contribution in [3.63, 3.8) is 0 Å². The van der Waals surface area contributed by atoms with Crippen molar-refractivity contribution in [2.24, 2.45) is 14.1 Å². The number of aliphatic hydroxyl groups excluding tert-OH is 1. The van der Waals surface area contributed by atoms with E-state index in [0.29, 0.717) is 24.3 Å². The van der Waals surface area contributed by atoms with Gasteiger partial charge in [-0.3, -0.25) is 13.9 Å². The number of nitrogens with one attached hydrogen (secondary N) is 1. The van der Waals surface area contributed by atoms with Gasteiger partial charge in [-0.1, -0.05) is 30.3 Å². The van der Waals surface area contributed by atoms with Crippen molar-refractivity contribution >= 4 is 11.2 Å². The fourth-order valence-electron chi connectivity index (χ4n) is 2.81. The van der Waals surface area contributed by atoms with Crippen LogP contribution in [-0.2, 0) is 27.2 Å². The van der Waals surface area contributed by atoms with Gasteiger partial charge < -0.3 is 15.0 Å². The van der Waals surface area contributed by atoms with E-state index in [4.69, 9.17) is 0 Å². The molecule has 3 aromatic rings. The van der Waals surface area contributed by atoms with Crippen molar-refractivity contribution in [2.45, 2.75) is 19.2 Å². The first kappa shape index (κ1) is 17.1. The molecule has 3 rings (SSSR count). The standard InChI is InChI=1S/C17H21N5O3/c1-20-15-14(16(24)21(2)17(20)25)22(11-19-15)10-13(23)9-18-8-12-6-4-3-5-7-12/h3-7,11,13,18,23H,8-10H2,1-2H3/t13-/m0/s1. The summed E-state index contributed by atoms with van der Waals surface area (Å²) in [6.07, 6.45) is 0.786. The van der Waals surface area contributed by atoms with E-state index in [1.165, 1.54) is 17.9 Å². The maximum absolute atomic E-state index is 12.4. The number of imidazole rings is 1. The maximum atomic E-state index is 12.4. The molecule has 0 saturated heterocycles. The van der Waals surface area contributed by atoms with Crippen molar-refractivity contribution in [2.75, 3.05) is 6.54 Å². The molecule has 2 heterocycles. The zero-order valence-electron chi connectivity index (χ0n) is 14.2. The van der Waals surface area contributed by atoms with Gasteiger partial charge in [0.05, 0.1) is 19.0 Å². The normalized spacial score (nSPS) is 12.6.